The maximum Gasteiger partial charge on any atom is 0.230 e. The zero-order valence-electron chi connectivity index (χ0n) is 10.0. The normalized spacial score (nSPS) is 12.2. The van der Waals surface area contributed by atoms with E-state index in [1.807, 2.05) is 26.0 Å². The molecule has 0 aromatic carbocycles. The predicted molar refractivity (Wildman–Crippen MR) is 71.2 cm³/mol. The van der Waals surface area contributed by atoms with Crippen molar-refractivity contribution >= 4 is 23.1 Å². The van der Waals surface area contributed by atoms with Gasteiger partial charge in [0, 0.05) is 18.9 Å². The van der Waals surface area contributed by atoms with Gasteiger partial charge in [-0.15, -0.1) is 0 Å². The van der Waals surface area contributed by atoms with Crippen molar-refractivity contribution in [3.63, 3.8) is 0 Å². The van der Waals surface area contributed by atoms with Gasteiger partial charge in [-0.3, -0.25) is 9.78 Å². The Balaban J connectivity index is 2.57. The van der Waals surface area contributed by atoms with Crippen LogP contribution in [0, 0.1) is 11.8 Å². The van der Waals surface area contributed by atoms with Crippen LogP contribution >= 0.6 is 12.2 Å². The van der Waals surface area contributed by atoms with E-state index in [1.54, 1.807) is 12.4 Å². The van der Waals surface area contributed by atoms with Gasteiger partial charge in [0.1, 0.15) is 0 Å². The summed E-state index contributed by atoms with van der Waals surface area (Å²) in [5.41, 5.74) is 6.52. The zero-order valence-corrected chi connectivity index (χ0v) is 10.8. The Labute approximate surface area is 107 Å². The molecule has 0 saturated heterocycles. The molecule has 92 valence electrons. The third-order valence-corrected chi connectivity index (χ3v) is 2.70. The summed E-state index contributed by atoms with van der Waals surface area (Å²) in [5.74, 6) is -0.445. The van der Waals surface area contributed by atoms with Crippen LogP contribution in [0.3, 0.4) is 0 Å². The second-order valence-electron chi connectivity index (χ2n) is 4.20. The van der Waals surface area contributed by atoms with Crippen LogP contribution in [-0.4, -0.2) is 15.9 Å². The number of hydrogen-bond donors (Lipinski definition) is 2. The van der Waals surface area contributed by atoms with Crippen molar-refractivity contribution in [2.45, 2.75) is 20.4 Å². The second kappa shape index (κ2) is 6.30. The maximum atomic E-state index is 11.9. The van der Waals surface area contributed by atoms with E-state index in [9.17, 15) is 4.79 Å². The highest BCUT2D eigenvalue weighted by atomic mass is 32.1. The standard InChI is InChI=1S/C12H17N3OS/c1-8(2)10(11(13)17)12(16)15-7-9-4-3-5-14-6-9/h3-6,8,10H,7H2,1-2H3,(H2,13,17)(H,15,16). The Morgan fingerprint density at radius 1 is 1.59 bits per heavy atom. The van der Waals surface area contributed by atoms with Crippen LogP contribution in [0.2, 0.25) is 0 Å². The molecule has 17 heavy (non-hydrogen) atoms. The van der Waals surface area contributed by atoms with Gasteiger partial charge in [-0.25, -0.2) is 0 Å². The van der Waals surface area contributed by atoms with Crippen molar-refractivity contribution in [2.75, 3.05) is 0 Å². The zero-order chi connectivity index (χ0) is 12.8. The fourth-order valence-corrected chi connectivity index (χ4v) is 1.94. The van der Waals surface area contributed by atoms with Gasteiger partial charge in [0.05, 0.1) is 10.9 Å². The molecular formula is C12H17N3OS. The molecule has 1 amide bonds. The molecule has 0 bridgehead atoms. The highest BCUT2D eigenvalue weighted by molar-refractivity contribution is 7.80. The average molecular weight is 251 g/mol. The third-order valence-electron chi connectivity index (χ3n) is 2.45. The number of hydrogen-bond acceptors (Lipinski definition) is 3. The SMILES string of the molecule is CC(C)C(C(=O)NCc1cccnc1)C(N)=S. The second-order valence-corrected chi connectivity index (χ2v) is 4.67. The highest BCUT2D eigenvalue weighted by Gasteiger charge is 2.24. The molecule has 4 nitrogen and oxygen atoms in total. The van der Waals surface area contributed by atoms with Crippen LogP contribution in [0.4, 0.5) is 0 Å². The molecule has 1 unspecified atom stereocenters. The van der Waals surface area contributed by atoms with Gasteiger partial charge in [0.2, 0.25) is 5.91 Å². The Morgan fingerprint density at radius 2 is 2.29 bits per heavy atom. The van der Waals surface area contributed by atoms with Crippen LogP contribution in [-0.2, 0) is 11.3 Å². The predicted octanol–water partition coefficient (Wildman–Crippen LogP) is 1.26. The first-order valence-corrected chi connectivity index (χ1v) is 5.89. The average Bonchev–Trinajstić information content (AvgIpc) is 2.27. The lowest BCUT2D eigenvalue weighted by Crippen LogP contribution is -2.40. The van der Waals surface area contributed by atoms with E-state index >= 15 is 0 Å². The number of nitrogens with one attached hydrogen (secondary N) is 1. The van der Waals surface area contributed by atoms with Crippen LogP contribution in [0.1, 0.15) is 19.4 Å². The molecule has 1 heterocycles. The lowest BCUT2D eigenvalue weighted by Gasteiger charge is -2.18. The quantitative estimate of drug-likeness (QED) is 0.773. The van der Waals surface area contributed by atoms with E-state index in [1.165, 1.54) is 0 Å². The number of rotatable bonds is 5. The van der Waals surface area contributed by atoms with Crippen LogP contribution in [0.15, 0.2) is 24.5 Å². The molecule has 0 saturated carbocycles. The van der Waals surface area contributed by atoms with Gasteiger partial charge in [-0.1, -0.05) is 32.1 Å². The van der Waals surface area contributed by atoms with Gasteiger partial charge in [-0.2, -0.15) is 0 Å². The molecule has 0 spiro atoms. The summed E-state index contributed by atoms with van der Waals surface area (Å²) in [6.07, 6.45) is 3.41. The van der Waals surface area contributed by atoms with Crippen molar-refractivity contribution < 1.29 is 4.79 Å². The van der Waals surface area contributed by atoms with E-state index in [0.717, 1.165) is 5.56 Å². The highest BCUT2D eigenvalue weighted by Crippen LogP contribution is 2.11. The summed E-state index contributed by atoms with van der Waals surface area (Å²) < 4.78 is 0. The van der Waals surface area contributed by atoms with Crippen LogP contribution in [0.5, 0.6) is 0 Å². The van der Waals surface area contributed by atoms with Gasteiger partial charge < -0.3 is 11.1 Å². The van der Waals surface area contributed by atoms with Gasteiger partial charge in [-0.05, 0) is 17.5 Å². The Kier molecular flexibility index (Phi) is 5.03. The molecule has 1 rings (SSSR count). The number of pyridine rings is 1. The molecule has 0 aliphatic heterocycles. The first-order chi connectivity index (χ1) is 8.02. The number of nitrogens with zero attached hydrogens (tertiary/aromatic N) is 1. The van der Waals surface area contributed by atoms with E-state index in [2.05, 4.69) is 10.3 Å². The Bertz CT molecular complexity index is 392. The summed E-state index contributed by atoms with van der Waals surface area (Å²) >= 11 is 4.90. The fraction of sp³-hybridized carbons (Fsp3) is 0.417. The lowest BCUT2D eigenvalue weighted by molar-refractivity contribution is -0.124. The minimum atomic E-state index is -0.415. The monoisotopic (exact) mass is 251 g/mol. The summed E-state index contributed by atoms with van der Waals surface area (Å²) in [6.45, 7) is 4.29. The number of thiocarbonyl (C=S) groups is 1. The molecule has 1 aromatic heterocycles. The summed E-state index contributed by atoms with van der Waals surface area (Å²) in [7, 11) is 0. The molecular weight excluding hydrogens is 234 g/mol. The topological polar surface area (TPSA) is 68.0 Å². The summed E-state index contributed by atoms with van der Waals surface area (Å²) in [5, 5.41) is 2.82. The summed E-state index contributed by atoms with van der Waals surface area (Å²) in [6, 6.07) is 3.73. The molecule has 1 aromatic rings. The molecule has 5 heteroatoms. The fourth-order valence-electron chi connectivity index (χ4n) is 1.56. The molecule has 0 radical (unpaired) electrons. The number of carbonyl (C=O) groups is 1. The first kappa shape index (κ1) is 13.6. The Morgan fingerprint density at radius 3 is 2.76 bits per heavy atom. The van der Waals surface area contributed by atoms with Crippen molar-refractivity contribution in [1.82, 2.24) is 10.3 Å². The van der Waals surface area contributed by atoms with E-state index in [4.69, 9.17) is 18.0 Å². The molecule has 0 fully saturated rings. The molecule has 1 atom stereocenters. The van der Waals surface area contributed by atoms with Gasteiger partial charge in [0.25, 0.3) is 0 Å². The van der Waals surface area contributed by atoms with E-state index in [-0.39, 0.29) is 16.8 Å². The molecule has 3 N–H and O–H groups in total. The van der Waals surface area contributed by atoms with Crippen LogP contribution in [0.25, 0.3) is 0 Å². The minimum absolute atomic E-state index is 0.0985. The lowest BCUT2D eigenvalue weighted by atomic mass is 9.95. The minimum Gasteiger partial charge on any atom is -0.393 e. The maximum absolute atomic E-state index is 11.9. The smallest absolute Gasteiger partial charge is 0.230 e. The molecule has 0 aliphatic carbocycles. The summed E-state index contributed by atoms with van der Waals surface area (Å²) in [4.78, 5) is 16.1. The van der Waals surface area contributed by atoms with E-state index in [0.29, 0.717) is 6.54 Å². The van der Waals surface area contributed by atoms with Crippen molar-refractivity contribution in [2.24, 2.45) is 17.6 Å². The number of nitrogens with two attached hydrogens (primary N) is 1. The van der Waals surface area contributed by atoms with Crippen molar-refractivity contribution in [3.8, 4) is 0 Å². The van der Waals surface area contributed by atoms with Crippen molar-refractivity contribution in [1.29, 1.82) is 0 Å². The number of aromatic nitrogens is 1. The van der Waals surface area contributed by atoms with Crippen molar-refractivity contribution in [3.05, 3.63) is 30.1 Å². The van der Waals surface area contributed by atoms with Crippen LogP contribution < -0.4 is 11.1 Å². The Hall–Kier alpha value is -1.49. The van der Waals surface area contributed by atoms with Gasteiger partial charge >= 0.3 is 0 Å². The van der Waals surface area contributed by atoms with E-state index < -0.39 is 5.92 Å². The molecule has 0 aliphatic rings. The number of carbonyl (C=O) groups excluding carboxylic acids is 1. The number of amides is 1. The third kappa shape index (κ3) is 4.11. The largest absolute Gasteiger partial charge is 0.393 e. The first-order valence-electron chi connectivity index (χ1n) is 5.48. The van der Waals surface area contributed by atoms with Gasteiger partial charge in [0.15, 0.2) is 0 Å².